The van der Waals surface area contributed by atoms with Gasteiger partial charge >= 0.3 is 12.2 Å². The highest BCUT2D eigenvalue weighted by Gasteiger charge is 2.32. The van der Waals surface area contributed by atoms with E-state index in [1.54, 1.807) is 11.6 Å². The van der Waals surface area contributed by atoms with Crippen molar-refractivity contribution < 1.29 is 18.0 Å². The highest BCUT2D eigenvalue weighted by molar-refractivity contribution is 7.71. The number of H-pyrrole nitrogens is 1. The van der Waals surface area contributed by atoms with Crippen molar-refractivity contribution in [1.29, 1.82) is 0 Å². The van der Waals surface area contributed by atoms with Gasteiger partial charge in [0.05, 0.1) is 23.5 Å². The summed E-state index contributed by atoms with van der Waals surface area (Å²) in [5.74, 6) is 0.499. The van der Waals surface area contributed by atoms with E-state index < -0.39 is 17.8 Å². The van der Waals surface area contributed by atoms with Gasteiger partial charge in [-0.2, -0.15) is 18.3 Å². The van der Waals surface area contributed by atoms with Gasteiger partial charge in [-0.05, 0) is 43.3 Å². The molecule has 7 nitrogen and oxygen atoms in total. The topological polar surface area (TPSA) is 78.0 Å². The monoisotopic (exact) mass is 400 g/mol. The number of hydrogen-bond acceptors (Lipinski definition) is 4. The molecule has 1 aliphatic rings. The van der Waals surface area contributed by atoms with Crippen molar-refractivity contribution in [3.05, 3.63) is 34.4 Å². The SMILES string of the molecule is Cn1c(CNC(=O)Nc2cc(C(F)(F)F)ccc2N2CCCC2)n[nH]c1=S. The number of nitrogens with one attached hydrogen (secondary N) is 3. The third kappa shape index (κ3) is 4.41. The first-order valence-corrected chi connectivity index (χ1v) is 8.78. The molecular weight excluding hydrogens is 381 g/mol. The Balaban J connectivity index is 1.77. The van der Waals surface area contributed by atoms with Gasteiger partial charge in [0.1, 0.15) is 0 Å². The molecule has 0 radical (unpaired) electrons. The molecule has 0 aliphatic carbocycles. The Kier molecular flexibility index (Phi) is 5.40. The lowest BCUT2D eigenvalue weighted by atomic mass is 10.1. The second-order valence-corrected chi connectivity index (χ2v) is 6.62. The second kappa shape index (κ2) is 7.59. The quantitative estimate of drug-likeness (QED) is 0.688. The molecule has 1 fully saturated rings. The lowest BCUT2D eigenvalue weighted by Crippen LogP contribution is -2.30. The summed E-state index contributed by atoms with van der Waals surface area (Å²) in [7, 11) is 1.69. The summed E-state index contributed by atoms with van der Waals surface area (Å²) < 4.78 is 41.2. The average Bonchev–Trinajstić information content (AvgIpc) is 3.24. The van der Waals surface area contributed by atoms with E-state index in [-0.39, 0.29) is 12.2 Å². The molecule has 2 heterocycles. The number of urea groups is 1. The van der Waals surface area contributed by atoms with Crippen molar-refractivity contribution in [3.8, 4) is 0 Å². The molecule has 146 valence electrons. The summed E-state index contributed by atoms with van der Waals surface area (Å²) in [4.78, 5) is 14.2. The molecule has 2 amide bonds. The Morgan fingerprint density at radius 1 is 1.33 bits per heavy atom. The number of halogens is 3. The van der Waals surface area contributed by atoms with Crippen molar-refractivity contribution in [3.63, 3.8) is 0 Å². The Bertz CT molecular complexity index is 885. The number of carbonyl (C=O) groups is 1. The van der Waals surface area contributed by atoms with E-state index in [9.17, 15) is 18.0 Å². The van der Waals surface area contributed by atoms with Gasteiger partial charge in [-0.1, -0.05) is 0 Å². The van der Waals surface area contributed by atoms with Crippen molar-refractivity contribution in [2.45, 2.75) is 25.6 Å². The predicted octanol–water partition coefficient (Wildman–Crippen LogP) is 3.42. The number of amides is 2. The highest BCUT2D eigenvalue weighted by Crippen LogP contribution is 2.36. The van der Waals surface area contributed by atoms with Crippen molar-refractivity contribution in [2.24, 2.45) is 7.05 Å². The molecule has 2 aromatic rings. The molecule has 1 saturated heterocycles. The van der Waals surface area contributed by atoms with E-state index in [0.29, 0.717) is 16.3 Å². The number of alkyl halides is 3. The maximum atomic E-state index is 13.1. The molecule has 0 saturated carbocycles. The fourth-order valence-electron chi connectivity index (χ4n) is 2.91. The van der Waals surface area contributed by atoms with E-state index in [0.717, 1.165) is 38.1 Å². The molecule has 0 bridgehead atoms. The van der Waals surface area contributed by atoms with Crippen LogP contribution in [-0.2, 0) is 19.8 Å². The maximum absolute atomic E-state index is 13.1. The summed E-state index contributed by atoms with van der Waals surface area (Å²) in [6, 6.07) is 2.78. The van der Waals surface area contributed by atoms with Crippen LogP contribution in [0.3, 0.4) is 0 Å². The molecule has 1 aromatic carbocycles. The van der Waals surface area contributed by atoms with E-state index >= 15 is 0 Å². The van der Waals surface area contributed by atoms with Crippen LogP contribution < -0.4 is 15.5 Å². The number of aromatic amines is 1. The number of nitrogens with zero attached hydrogens (tertiary/aromatic N) is 3. The largest absolute Gasteiger partial charge is 0.416 e. The summed E-state index contributed by atoms with van der Waals surface area (Å²) in [5, 5.41) is 11.7. The number of hydrogen-bond donors (Lipinski definition) is 3. The van der Waals surface area contributed by atoms with E-state index in [1.165, 1.54) is 6.07 Å². The fourth-order valence-corrected chi connectivity index (χ4v) is 3.06. The molecule has 0 atom stereocenters. The van der Waals surface area contributed by atoms with Gasteiger partial charge in [0.25, 0.3) is 0 Å². The minimum atomic E-state index is -4.49. The zero-order valence-corrected chi connectivity index (χ0v) is 15.4. The van der Waals surface area contributed by atoms with E-state index in [2.05, 4.69) is 20.8 Å². The minimum absolute atomic E-state index is 0.0769. The van der Waals surface area contributed by atoms with Crippen LogP contribution in [0.15, 0.2) is 18.2 Å². The normalized spacial score (nSPS) is 14.4. The lowest BCUT2D eigenvalue weighted by Gasteiger charge is -2.23. The first-order valence-electron chi connectivity index (χ1n) is 8.37. The summed E-state index contributed by atoms with van der Waals surface area (Å²) in [5.41, 5.74) is -0.108. The van der Waals surface area contributed by atoms with Gasteiger partial charge in [-0.25, -0.2) is 4.79 Å². The highest BCUT2D eigenvalue weighted by atomic mass is 32.1. The molecule has 0 spiro atoms. The van der Waals surface area contributed by atoms with Crippen molar-refractivity contribution in [1.82, 2.24) is 20.1 Å². The molecular formula is C16H19F3N6OS. The van der Waals surface area contributed by atoms with Gasteiger partial charge in [-0.3, -0.25) is 5.10 Å². The third-order valence-electron chi connectivity index (χ3n) is 4.40. The number of benzene rings is 1. The molecule has 1 aromatic heterocycles. The molecule has 1 aliphatic heterocycles. The maximum Gasteiger partial charge on any atom is 0.416 e. The Morgan fingerprint density at radius 2 is 2.04 bits per heavy atom. The molecule has 11 heteroatoms. The number of rotatable bonds is 4. The fraction of sp³-hybridized carbons (Fsp3) is 0.438. The Morgan fingerprint density at radius 3 is 2.63 bits per heavy atom. The van der Waals surface area contributed by atoms with E-state index in [4.69, 9.17) is 12.2 Å². The summed E-state index contributed by atoms with van der Waals surface area (Å²) in [6.45, 7) is 1.56. The van der Waals surface area contributed by atoms with Crippen LogP contribution in [-0.4, -0.2) is 33.9 Å². The van der Waals surface area contributed by atoms with Crippen LogP contribution in [0, 0.1) is 4.77 Å². The number of aromatic nitrogens is 3. The zero-order valence-electron chi connectivity index (χ0n) is 14.6. The van der Waals surface area contributed by atoms with Gasteiger partial charge in [0, 0.05) is 20.1 Å². The van der Waals surface area contributed by atoms with Crippen LogP contribution in [0.5, 0.6) is 0 Å². The first-order chi connectivity index (χ1) is 12.8. The summed E-state index contributed by atoms with van der Waals surface area (Å²) in [6.07, 6.45) is -2.56. The average molecular weight is 400 g/mol. The van der Waals surface area contributed by atoms with Gasteiger partial charge < -0.3 is 20.1 Å². The molecule has 3 rings (SSSR count). The smallest absolute Gasteiger partial charge is 0.370 e. The van der Waals surface area contributed by atoms with Crippen molar-refractivity contribution in [2.75, 3.05) is 23.3 Å². The summed E-state index contributed by atoms with van der Waals surface area (Å²) >= 11 is 4.99. The molecule has 27 heavy (non-hydrogen) atoms. The van der Waals surface area contributed by atoms with Crippen LogP contribution in [0.1, 0.15) is 24.2 Å². The van der Waals surface area contributed by atoms with Crippen LogP contribution in [0.2, 0.25) is 0 Å². The third-order valence-corrected chi connectivity index (χ3v) is 4.76. The number of anilines is 2. The van der Waals surface area contributed by atoms with Gasteiger partial charge in [0.2, 0.25) is 0 Å². The predicted molar refractivity (Wildman–Crippen MR) is 97.1 cm³/mol. The molecule has 3 N–H and O–H groups in total. The van der Waals surface area contributed by atoms with Crippen LogP contribution in [0.4, 0.5) is 29.3 Å². The first kappa shape index (κ1) is 19.2. The standard InChI is InChI=1S/C16H19F3N6OS/c1-24-13(22-23-15(24)27)9-20-14(26)21-11-8-10(16(17,18)19)4-5-12(11)25-6-2-3-7-25/h4-5,8H,2-3,6-7,9H2,1H3,(H,23,27)(H2,20,21,26). The van der Waals surface area contributed by atoms with E-state index in [1.807, 2.05) is 4.90 Å². The number of carbonyl (C=O) groups excluding carboxylic acids is 1. The molecule has 0 unspecified atom stereocenters. The van der Waals surface area contributed by atoms with Gasteiger partial charge in [-0.15, -0.1) is 0 Å². The van der Waals surface area contributed by atoms with Crippen LogP contribution in [0.25, 0.3) is 0 Å². The second-order valence-electron chi connectivity index (χ2n) is 6.24. The minimum Gasteiger partial charge on any atom is -0.370 e. The zero-order chi connectivity index (χ0) is 19.6. The van der Waals surface area contributed by atoms with Crippen LogP contribution >= 0.6 is 12.2 Å². The van der Waals surface area contributed by atoms with Crippen molar-refractivity contribution >= 4 is 29.6 Å². The Hall–Kier alpha value is -2.56. The lowest BCUT2D eigenvalue weighted by molar-refractivity contribution is -0.137. The Labute approximate surface area is 158 Å². The van der Waals surface area contributed by atoms with Gasteiger partial charge in [0.15, 0.2) is 10.6 Å².